The number of hydrogen-bond donors (Lipinski definition) is 0. The molecule has 0 saturated heterocycles. The first-order valence-corrected chi connectivity index (χ1v) is 8.40. The molecule has 2 aromatic carbocycles. The summed E-state index contributed by atoms with van der Waals surface area (Å²) in [5.41, 5.74) is 2.17. The van der Waals surface area contributed by atoms with Crippen LogP contribution in [0.4, 0.5) is 0 Å². The van der Waals surface area contributed by atoms with E-state index in [1.165, 1.54) is 5.56 Å². The highest BCUT2D eigenvalue weighted by Gasteiger charge is 2.09. The van der Waals surface area contributed by atoms with E-state index in [1.807, 2.05) is 30.3 Å². The topological polar surface area (TPSA) is 26.3 Å². The second kappa shape index (κ2) is 7.66. The molecule has 2 aromatic rings. The van der Waals surface area contributed by atoms with E-state index in [1.54, 1.807) is 18.9 Å². The number of rotatable bonds is 6. The molecular formula is C17H17BrO2S. The molecule has 0 aliphatic heterocycles. The van der Waals surface area contributed by atoms with Gasteiger partial charge in [-0.05, 0) is 42.3 Å². The summed E-state index contributed by atoms with van der Waals surface area (Å²) in [6, 6.07) is 13.8. The highest BCUT2D eigenvalue weighted by molar-refractivity contribution is 9.10. The van der Waals surface area contributed by atoms with Gasteiger partial charge in [-0.1, -0.05) is 34.1 Å². The molecule has 0 spiro atoms. The van der Waals surface area contributed by atoms with Crippen LogP contribution in [0, 0.1) is 6.92 Å². The van der Waals surface area contributed by atoms with Crippen molar-refractivity contribution in [3.8, 4) is 5.75 Å². The van der Waals surface area contributed by atoms with E-state index in [0.29, 0.717) is 12.2 Å². The van der Waals surface area contributed by atoms with Crippen LogP contribution in [-0.4, -0.2) is 18.6 Å². The van der Waals surface area contributed by atoms with Crippen molar-refractivity contribution in [3.63, 3.8) is 0 Å². The predicted octanol–water partition coefficient (Wildman–Crippen LogP) is 4.67. The molecule has 4 heteroatoms. The van der Waals surface area contributed by atoms with E-state index in [2.05, 4.69) is 35.0 Å². The lowest BCUT2D eigenvalue weighted by Gasteiger charge is -2.08. The van der Waals surface area contributed by atoms with Crippen molar-refractivity contribution in [1.29, 1.82) is 0 Å². The Bertz CT molecular complexity index is 640. The second-order valence-electron chi connectivity index (χ2n) is 4.73. The van der Waals surface area contributed by atoms with Crippen LogP contribution in [0.2, 0.25) is 0 Å². The molecule has 0 aliphatic rings. The van der Waals surface area contributed by atoms with Crippen LogP contribution in [0.15, 0.2) is 51.8 Å². The average Bonchev–Trinajstić information content (AvgIpc) is 2.48. The number of Topliss-reactive ketones (excluding diaryl/α,β-unsaturated/α-hetero) is 1. The van der Waals surface area contributed by atoms with Crippen molar-refractivity contribution in [3.05, 3.63) is 58.1 Å². The molecule has 0 N–H and O–H groups in total. The van der Waals surface area contributed by atoms with Gasteiger partial charge in [-0.15, -0.1) is 11.8 Å². The fraction of sp³-hybridized carbons (Fsp3) is 0.235. The van der Waals surface area contributed by atoms with Gasteiger partial charge in [0.2, 0.25) is 0 Å². The first-order chi connectivity index (χ1) is 10.1. The quantitative estimate of drug-likeness (QED) is 0.696. The Morgan fingerprint density at radius 3 is 2.71 bits per heavy atom. The van der Waals surface area contributed by atoms with Crippen molar-refractivity contribution >= 4 is 33.5 Å². The largest absolute Gasteiger partial charge is 0.497 e. The number of methoxy groups -OCH3 is 1. The van der Waals surface area contributed by atoms with Crippen LogP contribution in [-0.2, 0) is 11.2 Å². The fourth-order valence-corrected chi connectivity index (χ4v) is 3.23. The molecular weight excluding hydrogens is 348 g/mol. The number of halogens is 1. The molecule has 21 heavy (non-hydrogen) atoms. The molecule has 0 amide bonds. The Labute approximate surface area is 138 Å². The highest BCUT2D eigenvalue weighted by atomic mass is 79.9. The number of aryl methyl sites for hydroxylation is 1. The van der Waals surface area contributed by atoms with Crippen LogP contribution in [0.5, 0.6) is 5.75 Å². The number of benzene rings is 2. The van der Waals surface area contributed by atoms with Gasteiger partial charge >= 0.3 is 0 Å². The fourth-order valence-electron chi connectivity index (χ4n) is 1.95. The third kappa shape index (κ3) is 4.61. The zero-order valence-electron chi connectivity index (χ0n) is 12.1. The van der Waals surface area contributed by atoms with Crippen molar-refractivity contribution in [2.24, 2.45) is 0 Å². The molecule has 0 saturated carbocycles. The molecule has 2 rings (SSSR count). The van der Waals surface area contributed by atoms with Crippen LogP contribution in [0.1, 0.15) is 11.1 Å². The predicted molar refractivity (Wildman–Crippen MR) is 91.3 cm³/mol. The van der Waals surface area contributed by atoms with Crippen LogP contribution in [0.25, 0.3) is 0 Å². The van der Waals surface area contributed by atoms with Crippen molar-refractivity contribution in [2.75, 3.05) is 12.9 Å². The zero-order valence-corrected chi connectivity index (χ0v) is 14.5. The number of thioether (sulfide) groups is 1. The first kappa shape index (κ1) is 16.1. The highest BCUT2D eigenvalue weighted by Crippen LogP contribution is 2.25. The maximum absolute atomic E-state index is 12.2. The smallest absolute Gasteiger partial charge is 0.147 e. The molecule has 110 valence electrons. The number of hydrogen-bond acceptors (Lipinski definition) is 3. The molecule has 0 atom stereocenters. The number of ether oxygens (including phenoxy) is 1. The Morgan fingerprint density at radius 2 is 2.00 bits per heavy atom. The van der Waals surface area contributed by atoms with Gasteiger partial charge in [0.25, 0.3) is 0 Å². The normalized spacial score (nSPS) is 10.4. The van der Waals surface area contributed by atoms with Gasteiger partial charge < -0.3 is 4.74 Å². The summed E-state index contributed by atoms with van der Waals surface area (Å²) in [4.78, 5) is 13.3. The number of carbonyl (C=O) groups is 1. The Hall–Kier alpha value is -1.26. The molecule has 0 aliphatic carbocycles. The van der Waals surface area contributed by atoms with E-state index in [-0.39, 0.29) is 5.78 Å². The molecule has 0 aromatic heterocycles. The van der Waals surface area contributed by atoms with Gasteiger partial charge in [0.05, 0.1) is 12.9 Å². The summed E-state index contributed by atoms with van der Waals surface area (Å²) in [5.74, 6) is 1.46. The molecule has 0 fully saturated rings. The Balaban J connectivity index is 1.97. The third-order valence-electron chi connectivity index (χ3n) is 3.12. The lowest BCUT2D eigenvalue weighted by Crippen LogP contribution is -2.06. The lowest BCUT2D eigenvalue weighted by molar-refractivity contribution is -0.116. The van der Waals surface area contributed by atoms with Gasteiger partial charge in [-0.3, -0.25) is 4.79 Å². The van der Waals surface area contributed by atoms with Crippen LogP contribution < -0.4 is 4.74 Å². The Morgan fingerprint density at radius 1 is 1.24 bits per heavy atom. The third-order valence-corrected chi connectivity index (χ3v) is 5.13. The first-order valence-electron chi connectivity index (χ1n) is 6.62. The number of ketones is 1. The van der Waals surface area contributed by atoms with Crippen molar-refractivity contribution in [2.45, 2.75) is 18.2 Å². The van der Waals surface area contributed by atoms with Gasteiger partial charge in [-0.25, -0.2) is 0 Å². The monoisotopic (exact) mass is 364 g/mol. The standard InChI is InChI=1S/C17H17BrO2S/c1-12-5-3-4-6-17(12)21-11-14(19)9-13-10-15(20-2)7-8-16(13)18/h3-8,10H,9,11H2,1-2H3. The summed E-state index contributed by atoms with van der Waals surface area (Å²) >= 11 is 5.08. The van der Waals surface area contributed by atoms with Crippen LogP contribution in [0.3, 0.4) is 0 Å². The second-order valence-corrected chi connectivity index (χ2v) is 6.60. The van der Waals surface area contributed by atoms with Crippen molar-refractivity contribution < 1.29 is 9.53 Å². The summed E-state index contributed by atoms with van der Waals surface area (Å²) < 4.78 is 6.14. The van der Waals surface area contributed by atoms with E-state index in [0.717, 1.165) is 20.7 Å². The van der Waals surface area contributed by atoms with Gasteiger partial charge in [0, 0.05) is 15.8 Å². The van der Waals surface area contributed by atoms with E-state index < -0.39 is 0 Å². The maximum Gasteiger partial charge on any atom is 0.147 e. The molecule has 0 heterocycles. The van der Waals surface area contributed by atoms with Crippen LogP contribution >= 0.6 is 27.7 Å². The minimum absolute atomic E-state index is 0.206. The van der Waals surface area contributed by atoms with Gasteiger partial charge in [0.1, 0.15) is 11.5 Å². The molecule has 2 nitrogen and oxygen atoms in total. The van der Waals surface area contributed by atoms with E-state index >= 15 is 0 Å². The summed E-state index contributed by atoms with van der Waals surface area (Å²) in [6.45, 7) is 2.06. The summed E-state index contributed by atoms with van der Waals surface area (Å²) in [7, 11) is 1.63. The zero-order chi connectivity index (χ0) is 15.2. The van der Waals surface area contributed by atoms with E-state index in [4.69, 9.17) is 4.74 Å². The van der Waals surface area contributed by atoms with Gasteiger partial charge in [0.15, 0.2) is 0 Å². The average molecular weight is 365 g/mol. The molecule has 0 bridgehead atoms. The Kier molecular flexibility index (Phi) is 5.88. The summed E-state index contributed by atoms with van der Waals surface area (Å²) in [6.07, 6.45) is 0.413. The molecule has 0 radical (unpaired) electrons. The molecule has 0 unspecified atom stereocenters. The maximum atomic E-state index is 12.2. The lowest BCUT2D eigenvalue weighted by atomic mass is 10.1. The SMILES string of the molecule is COc1ccc(Br)c(CC(=O)CSc2ccccc2C)c1. The van der Waals surface area contributed by atoms with E-state index in [9.17, 15) is 4.79 Å². The van der Waals surface area contributed by atoms with Gasteiger partial charge in [-0.2, -0.15) is 0 Å². The minimum Gasteiger partial charge on any atom is -0.497 e. The summed E-state index contributed by atoms with van der Waals surface area (Å²) in [5, 5.41) is 0. The minimum atomic E-state index is 0.206. The van der Waals surface area contributed by atoms with Crippen molar-refractivity contribution in [1.82, 2.24) is 0 Å². The number of carbonyl (C=O) groups excluding carboxylic acids is 1.